The molecule has 0 bridgehead atoms. The number of hydrogen-bond donors (Lipinski definition) is 2. The molecule has 0 radical (unpaired) electrons. The summed E-state index contributed by atoms with van der Waals surface area (Å²) in [5.74, 6) is 2.24. The number of hydrogen-bond acceptors (Lipinski definition) is 5. The first-order valence-electron chi connectivity index (χ1n) is 6.36. The van der Waals surface area contributed by atoms with Crippen molar-refractivity contribution in [2.75, 3.05) is 23.7 Å². The lowest BCUT2D eigenvalue weighted by molar-refractivity contribution is 0.687. The van der Waals surface area contributed by atoms with Crippen molar-refractivity contribution in [1.82, 2.24) is 9.97 Å². The maximum absolute atomic E-state index is 4.55. The van der Waals surface area contributed by atoms with Crippen LogP contribution in [0, 0.1) is 12.8 Å². The van der Waals surface area contributed by atoms with Crippen LogP contribution in [0.1, 0.15) is 25.6 Å². The summed E-state index contributed by atoms with van der Waals surface area (Å²) in [6, 6.07) is 2.15. The van der Waals surface area contributed by atoms with Gasteiger partial charge in [-0.15, -0.1) is 11.3 Å². The first-order valence-corrected chi connectivity index (χ1v) is 7.17. The molecule has 0 unspecified atom stereocenters. The van der Waals surface area contributed by atoms with Crippen LogP contribution in [-0.4, -0.2) is 23.1 Å². The van der Waals surface area contributed by atoms with Gasteiger partial charge in [-0.05, 0) is 25.8 Å². The maximum Gasteiger partial charge on any atom is 0.226 e. The highest BCUT2D eigenvalue weighted by Gasteiger charge is 2.10. The molecule has 0 fully saturated rings. The van der Waals surface area contributed by atoms with E-state index in [9.17, 15) is 0 Å². The molecule has 2 rings (SSSR count). The van der Waals surface area contributed by atoms with Crippen molar-refractivity contribution in [2.45, 2.75) is 27.7 Å². The molecule has 0 saturated carbocycles. The summed E-state index contributed by atoms with van der Waals surface area (Å²) in [6.07, 6.45) is 0. The fourth-order valence-corrected chi connectivity index (χ4v) is 2.59. The third-order valence-corrected chi connectivity index (χ3v) is 3.47. The minimum absolute atomic E-state index is 0.595. The Kier molecular flexibility index (Phi) is 4.01. The Hall–Kier alpha value is -1.36. The average molecular weight is 264 g/mol. The molecule has 0 atom stereocenters. The highest BCUT2D eigenvalue weighted by Crippen LogP contribution is 2.29. The summed E-state index contributed by atoms with van der Waals surface area (Å²) in [6.45, 7) is 10.3. The Labute approximate surface area is 112 Å². The van der Waals surface area contributed by atoms with Gasteiger partial charge in [0.2, 0.25) is 5.95 Å². The predicted molar refractivity (Wildman–Crippen MR) is 79.6 cm³/mol. The molecule has 2 N–H and O–H groups in total. The fraction of sp³-hybridized carbons (Fsp3) is 0.538. The molecule has 4 nitrogen and oxygen atoms in total. The lowest BCUT2D eigenvalue weighted by Gasteiger charge is -2.10. The lowest BCUT2D eigenvalue weighted by Crippen LogP contribution is -2.11. The van der Waals surface area contributed by atoms with E-state index in [0.717, 1.165) is 29.1 Å². The zero-order valence-electron chi connectivity index (χ0n) is 11.4. The third kappa shape index (κ3) is 2.90. The summed E-state index contributed by atoms with van der Waals surface area (Å²) in [5.41, 5.74) is 0. The van der Waals surface area contributed by atoms with Crippen LogP contribution in [0.2, 0.25) is 0 Å². The predicted octanol–water partition coefficient (Wildman–Crippen LogP) is 3.50. The topological polar surface area (TPSA) is 49.8 Å². The van der Waals surface area contributed by atoms with Crippen LogP contribution < -0.4 is 10.6 Å². The molecule has 0 aliphatic rings. The number of thiophene rings is 1. The van der Waals surface area contributed by atoms with Gasteiger partial charge in [-0.2, -0.15) is 4.98 Å². The Morgan fingerprint density at radius 1 is 1.28 bits per heavy atom. The summed E-state index contributed by atoms with van der Waals surface area (Å²) in [4.78, 5) is 11.4. The second-order valence-electron chi connectivity index (χ2n) is 4.78. The smallest absolute Gasteiger partial charge is 0.226 e. The van der Waals surface area contributed by atoms with Crippen molar-refractivity contribution in [2.24, 2.45) is 5.92 Å². The summed E-state index contributed by atoms with van der Waals surface area (Å²) in [5, 5.41) is 7.72. The van der Waals surface area contributed by atoms with E-state index in [-0.39, 0.29) is 0 Å². The fourth-order valence-electron chi connectivity index (χ4n) is 1.71. The van der Waals surface area contributed by atoms with E-state index >= 15 is 0 Å². The molecule has 18 heavy (non-hydrogen) atoms. The Morgan fingerprint density at radius 3 is 2.72 bits per heavy atom. The van der Waals surface area contributed by atoms with Gasteiger partial charge in [0.25, 0.3) is 0 Å². The van der Waals surface area contributed by atoms with Gasteiger partial charge in [-0.25, -0.2) is 4.98 Å². The van der Waals surface area contributed by atoms with E-state index in [1.807, 2.05) is 0 Å². The van der Waals surface area contributed by atoms with E-state index in [4.69, 9.17) is 0 Å². The highest BCUT2D eigenvalue weighted by molar-refractivity contribution is 7.18. The summed E-state index contributed by atoms with van der Waals surface area (Å²) in [7, 11) is 0. The third-order valence-electron chi connectivity index (χ3n) is 2.53. The van der Waals surface area contributed by atoms with E-state index in [2.05, 4.69) is 54.4 Å². The van der Waals surface area contributed by atoms with Crippen LogP contribution in [0.15, 0.2) is 6.07 Å². The molecular formula is C13H20N4S. The molecule has 0 aromatic carbocycles. The van der Waals surface area contributed by atoms with Crippen LogP contribution in [0.25, 0.3) is 10.2 Å². The van der Waals surface area contributed by atoms with Gasteiger partial charge < -0.3 is 10.6 Å². The van der Waals surface area contributed by atoms with Crippen LogP contribution in [-0.2, 0) is 0 Å². The summed E-state index contributed by atoms with van der Waals surface area (Å²) >= 11 is 1.71. The van der Waals surface area contributed by atoms with Crippen molar-refractivity contribution in [3.8, 4) is 0 Å². The van der Waals surface area contributed by atoms with Gasteiger partial charge in [-0.1, -0.05) is 13.8 Å². The van der Waals surface area contributed by atoms with Crippen molar-refractivity contribution in [1.29, 1.82) is 0 Å². The average Bonchev–Trinajstić information content (AvgIpc) is 2.66. The van der Waals surface area contributed by atoms with Crippen LogP contribution in [0.3, 0.4) is 0 Å². The Balaban J connectivity index is 2.39. The first-order chi connectivity index (χ1) is 8.60. The van der Waals surface area contributed by atoms with E-state index < -0.39 is 0 Å². The molecule has 0 aliphatic heterocycles. The molecule has 2 aromatic heterocycles. The largest absolute Gasteiger partial charge is 0.369 e. The van der Waals surface area contributed by atoms with Gasteiger partial charge in [0.1, 0.15) is 10.6 Å². The Morgan fingerprint density at radius 2 is 2.06 bits per heavy atom. The molecule has 0 saturated heterocycles. The van der Waals surface area contributed by atoms with Gasteiger partial charge in [0.05, 0.1) is 5.39 Å². The number of aryl methyl sites for hydroxylation is 1. The molecule has 98 valence electrons. The monoisotopic (exact) mass is 264 g/mol. The van der Waals surface area contributed by atoms with Crippen molar-refractivity contribution in [3.05, 3.63) is 10.9 Å². The quantitative estimate of drug-likeness (QED) is 0.868. The van der Waals surface area contributed by atoms with Gasteiger partial charge >= 0.3 is 0 Å². The van der Waals surface area contributed by atoms with Crippen molar-refractivity contribution in [3.63, 3.8) is 0 Å². The van der Waals surface area contributed by atoms with E-state index in [1.165, 1.54) is 4.88 Å². The molecule has 5 heteroatoms. The molecular weight excluding hydrogens is 244 g/mol. The highest BCUT2D eigenvalue weighted by atomic mass is 32.1. The van der Waals surface area contributed by atoms with Crippen LogP contribution in [0.4, 0.5) is 11.8 Å². The maximum atomic E-state index is 4.55. The second kappa shape index (κ2) is 5.52. The first kappa shape index (κ1) is 13.1. The molecule has 2 heterocycles. The molecule has 0 amide bonds. The normalized spacial score (nSPS) is 11.2. The zero-order chi connectivity index (χ0) is 13.1. The SMILES string of the molecule is CCNc1nc(NCC(C)C)c2cc(C)sc2n1. The lowest BCUT2D eigenvalue weighted by atomic mass is 10.2. The number of nitrogens with one attached hydrogen (secondary N) is 2. The minimum Gasteiger partial charge on any atom is -0.369 e. The summed E-state index contributed by atoms with van der Waals surface area (Å²) < 4.78 is 0. The molecule has 0 aliphatic carbocycles. The molecule has 0 spiro atoms. The van der Waals surface area contributed by atoms with Gasteiger partial charge in [0, 0.05) is 18.0 Å². The zero-order valence-corrected chi connectivity index (χ0v) is 12.2. The standard InChI is InChI=1S/C13H20N4S/c1-5-14-13-16-11(15-7-8(2)3)10-6-9(4)18-12(10)17-13/h6,8H,5,7H2,1-4H3,(H2,14,15,16,17). The van der Waals surface area contributed by atoms with Gasteiger partial charge in [0.15, 0.2) is 0 Å². The second-order valence-corrected chi connectivity index (χ2v) is 6.01. The number of nitrogens with zero attached hydrogens (tertiary/aromatic N) is 2. The number of aromatic nitrogens is 2. The van der Waals surface area contributed by atoms with Crippen LogP contribution in [0.5, 0.6) is 0 Å². The van der Waals surface area contributed by atoms with E-state index in [0.29, 0.717) is 11.9 Å². The van der Waals surface area contributed by atoms with Gasteiger partial charge in [-0.3, -0.25) is 0 Å². The van der Waals surface area contributed by atoms with Crippen LogP contribution >= 0.6 is 11.3 Å². The number of anilines is 2. The van der Waals surface area contributed by atoms with E-state index in [1.54, 1.807) is 11.3 Å². The van der Waals surface area contributed by atoms with Crippen molar-refractivity contribution < 1.29 is 0 Å². The Bertz CT molecular complexity index is 533. The molecule has 2 aromatic rings. The van der Waals surface area contributed by atoms with Crippen molar-refractivity contribution >= 4 is 33.3 Å². The minimum atomic E-state index is 0.595. The number of rotatable bonds is 5. The number of fused-ring (bicyclic) bond motifs is 1.